The van der Waals surface area contributed by atoms with Crippen LogP contribution in [-0.2, 0) is 0 Å². The molecule has 0 bridgehead atoms. The first-order valence-electron chi connectivity index (χ1n) is 5.14. The minimum Gasteiger partial charge on any atom is -0.324 e. The highest BCUT2D eigenvalue weighted by molar-refractivity contribution is 5.01. The smallest absolute Gasteiger partial charge is 0.0284 e. The van der Waals surface area contributed by atoms with Crippen molar-refractivity contribution in [3.8, 4) is 0 Å². The zero-order valence-corrected chi connectivity index (χ0v) is 8.64. The highest BCUT2D eigenvalue weighted by Gasteiger charge is 2.39. The number of nitrogens with zero attached hydrogens (tertiary/aromatic N) is 1. The minimum absolute atomic E-state index is 0.180. The predicted molar refractivity (Wildman–Crippen MR) is 53.2 cm³/mol. The van der Waals surface area contributed by atoms with Crippen molar-refractivity contribution >= 4 is 0 Å². The van der Waals surface area contributed by atoms with Crippen LogP contribution in [0.4, 0.5) is 0 Å². The molecule has 0 aromatic heterocycles. The molecule has 0 heterocycles. The van der Waals surface area contributed by atoms with Gasteiger partial charge in [-0.3, -0.25) is 4.90 Å². The fourth-order valence-electron chi connectivity index (χ4n) is 1.56. The lowest BCUT2D eigenvalue weighted by molar-refractivity contribution is 0.196. The maximum absolute atomic E-state index is 6.07. The van der Waals surface area contributed by atoms with E-state index in [0.29, 0.717) is 6.04 Å². The molecule has 12 heavy (non-hydrogen) atoms. The topological polar surface area (TPSA) is 29.3 Å². The second-order valence-electron chi connectivity index (χ2n) is 4.18. The normalized spacial score (nSPS) is 22.8. The molecule has 2 N–H and O–H groups in total. The number of hydrogen-bond acceptors (Lipinski definition) is 2. The lowest BCUT2D eigenvalue weighted by atomic mass is 10.2. The van der Waals surface area contributed by atoms with Crippen LogP contribution >= 0.6 is 0 Å². The average Bonchev–Trinajstić information content (AvgIpc) is 2.79. The van der Waals surface area contributed by atoms with E-state index in [-0.39, 0.29) is 5.54 Å². The van der Waals surface area contributed by atoms with Crippen LogP contribution in [0.2, 0.25) is 0 Å². The molecule has 1 aliphatic rings. The first-order valence-corrected chi connectivity index (χ1v) is 5.14. The largest absolute Gasteiger partial charge is 0.324 e. The SMILES string of the molecule is CCC(C)N(CC)CC1(N)CC1. The molecular formula is C10H22N2. The average molecular weight is 170 g/mol. The fourth-order valence-corrected chi connectivity index (χ4v) is 1.56. The van der Waals surface area contributed by atoms with Crippen LogP contribution in [-0.4, -0.2) is 29.6 Å². The first-order chi connectivity index (χ1) is 5.61. The molecule has 1 saturated carbocycles. The zero-order valence-electron chi connectivity index (χ0n) is 8.64. The second kappa shape index (κ2) is 3.75. The molecule has 0 radical (unpaired) electrons. The van der Waals surface area contributed by atoms with E-state index in [9.17, 15) is 0 Å². The van der Waals surface area contributed by atoms with Gasteiger partial charge >= 0.3 is 0 Å². The summed E-state index contributed by atoms with van der Waals surface area (Å²) in [6.07, 6.45) is 3.67. The van der Waals surface area contributed by atoms with Gasteiger partial charge in [0.05, 0.1) is 0 Å². The molecule has 2 nitrogen and oxygen atoms in total. The summed E-state index contributed by atoms with van der Waals surface area (Å²) in [5.41, 5.74) is 6.25. The van der Waals surface area contributed by atoms with Gasteiger partial charge in [0, 0.05) is 18.1 Å². The maximum Gasteiger partial charge on any atom is 0.0284 e. The van der Waals surface area contributed by atoms with Crippen LogP contribution in [0, 0.1) is 0 Å². The van der Waals surface area contributed by atoms with Crippen molar-refractivity contribution in [2.75, 3.05) is 13.1 Å². The molecule has 72 valence electrons. The van der Waals surface area contributed by atoms with Crippen LogP contribution < -0.4 is 5.73 Å². The van der Waals surface area contributed by atoms with Crippen molar-refractivity contribution in [3.63, 3.8) is 0 Å². The van der Waals surface area contributed by atoms with Crippen molar-refractivity contribution in [1.82, 2.24) is 4.90 Å². The Bertz CT molecular complexity index is 141. The summed E-state index contributed by atoms with van der Waals surface area (Å²) >= 11 is 0. The van der Waals surface area contributed by atoms with E-state index < -0.39 is 0 Å². The number of hydrogen-bond donors (Lipinski definition) is 1. The van der Waals surface area contributed by atoms with E-state index in [2.05, 4.69) is 25.7 Å². The summed E-state index contributed by atoms with van der Waals surface area (Å²) in [4.78, 5) is 2.49. The Balaban J connectivity index is 2.34. The molecule has 2 heteroatoms. The van der Waals surface area contributed by atoms with Gasteiger partial charge in [-0.05, 0) is 32.7 Å². The van der Waals surface area contributed by atoms with Gasteiger partial charge in [0.1, 0.15) is 0 Å². The summed E-state index contributed by atoms with van der Waals surface area (Å²) in [7, 11) is 0. The molecule has 0 aliphatic heterocycles. The molecule has 1 aliphatic carbocycles. The van der Waals surface area contributed by atoms with Crippen LogP contribution in [0.3, 0.4) is 0 Å². The molecule has 1 atom stereocenters. The fraction of sp³-hybridized carbons (Fsp3) is 1.00. The Morgan fingerprint density at radius 3 is 2.33 bits per heavy atom. The molecule has 1 fully saturated rings. The van der Waals surface area contributed by atoms with Crippen LogP contribution in [0.25, 0.3) is 0 Å². The van der Waals surface area contributed by atoms with Gasteiger partial charge in [0.15, 0.2) is 0 Å². The summed E-state index contributed by atoms with van der Waals surface area (Å²) in [5, 5.41) is 0. The Morgan fingerprint density at radius 2 is 2.00 bits per heavy atom. The van der Waals surface area contributed by atoms with E-state index >= 15 is 0 Å². The van der Waals surface area contributed by atoms with Crippen molar-refractivity contribution in [3.05, 3.63) is 0 Å². The van der Waals surface area contributed by atoms with Crippen molar-refractivity contribution < 1.29 is 0 Å². The third kappa shape index (κ3) is 2.46. The maximum atomic E-state index is 6.07. The summed E-state index contributed by atoms with van der Waals surface area (Å²) in [5.74, 6) is 0. The standard InChI is InChI=1S/C10H22N2/c1-4-9(3)12(5-2)8-10(11)6-7-10/h9H,4-8,11H2,1-3H3. The molecule has 0 aromatic rings. The Kier molecular flexibility index (Phi) is 3.13. The van der Waals surface area contributed by atoms with Gasteiger partial charge in [-0.15, -0.1) is 0 Å². The quantitative estimate of drug-likeness (QED) is 0.679. The lowest BCUT2D eigenvalue weighted by Gasteiger charge is -2.29. The molecule has 1 unspecified atom stereocenters. The highest BCUT2D eigenvalue weighted by Crippen LogP contribution is 2.33. The van der Waals surface area contributed by atoms with E-state index in [4.69, 9.17) is 5.73 Å². The second-order valence-corrected chi connectivity index (χ2v) is 4.18. The lowest BCUT2D eigenvalue weighted by Crippen LogP contribution is -2.43. The molecule has 0 amide bonds. The Labute approximate surface area is 76.1 Å². The van der Waals surface area contributed by atoms with Gasteiger partial charge in [-0.1, -0.05) is 13.8 Å². The van der Waals surface area contributed by atoms with Crippen LogP contribution in [0.5, 0.6) is 0 Å². The van der Waals surface area contributed by atoms with Crippen LogP contribution in [0.1, 0.15) is 40.0 Å². The van der Waals surface area contributed by atoms with Crippen molar-refractivity contribution in [2.24, 2.45) is 5.73 Å². The van der Waals surface area contributed by atoms with E-state index in [1.807, 2.05) is 0 Å². The molecule has 0 saturated heterocycles. The Hall–Kier alpha value is -0.0800. The number of nitrogens with two attached hydrogens (primary N) is 1. The van der Waals surface area contributed by atoms with Crippen molar-refractivity contribution in [1.29, 1.82) is 0 Å². The van der Waals surface area contributed by atoms with Crippen molar-refractivity contribution in [2.45, 2.75) is 51.6 Å². The van der Waals surface area contributed by atoms with E-state index in [1.165, 1.54) is 19.3 Å². The predicted octanol–water partition coefficient (Wildman–Crippen LogP) is 1.60. The van der Waals surface area contributed by atoms with E-state index in [1.54, 1.807) is 0 Å². The summed E-state index contributed by atoms with van der Waals surface area (Å²) < 4.78 is 0. The van der Waals surface area contributed by atoms with Gasteiger partial charge in [-0.2, -0.15) is 0 Å². The summed E-state index contributed by atoms with van der Waals surface area (Å²) in [6, 6.07) is 0.691. The monoisotopic (exact) mass is 170 g/mol. The molecule has 0 spiro atoms. The van der Waals surface area contributed by atoms with Gasteiger partial charge < -0.3 is 5.73 Å². The third-order valence-corrected chi connectivity index (χ3v) is 3.03. The minimum atomic E-state index is 0.180. The van der Waals surface area contributed by atoms with Gasteiger partial charge in [-0.25, -0.2) is 0 Å². The number of rotatable bonds is 5. The molecule has 1 rings (SSSR count). The molecular weight excluding hydrogens is 148 g/mol. The van der Waals surface area contributed by atoms with Gasteiger partial charge in [0.2, 0.25) is 0 Å². The highest BCUT2D eigenvalue weighted by atomic mass is 15.2. The zero-order chi connectivity index (χ0) is 9.19. The first kappa shape index (κ1) is 10.0. The van der Waals surface area contributed by atoms with E-state index in [0.717, 1.165) is 13.1 Å². The number of likely N-dealkylation sites (N-methyl/N-ethyl adjacent to an activating group) is 1. The third-order valence-electron chi connectivity index (χ3n) is 3.03. The molecule has 0 aromatic carbocycles. The van der Waals surface area contributed by atoms with Gasteiger partial charge in [0.25, 0.3) is 0 Å². The van der Waals surface area contributed by atoms with Crippen LogP contribution in [0.15, 0.2) is 0 Å². The summed E-state index contributed by atoms with van der Waals surface area (Å²) in [6.45, 7) is 8.98. The Morgan fingerprint density at radius 1 is 1.42 bits per heavy atom.